The van der Waals surface area contributed by atoms with Gasteiger partial charge >= 0.3 is 11.9 Å². The van der Waals surface area contributed by atoms with Gasteiger partial charge in [0.05, 0.1) is 11.7 Å². The largest absolute Gasteiger partial charge is 0.427 e. The van der Waals surface area contributed by atoms with E-state index < -0.39 is 29.1 Å². The molecule has 31 heavy (non-hydrogen) atoms. The first-order valence-corrected chi connectivity index (χ1v) is 11.2. The molecule has 2 fully saturated rings. The summed E-state index contributed by atoms with van der Waals surface area (Å²) in [6.07, 6.45) is 3.02. The van der Waals surface area contributed by atoms with Crippen molar-refractivity contribution in [2.45, 2.75) is 85.4 Å². The molecule has 0 saturated heterocycles. The number of fused-ring (bicyclic) bond motifs is 1. The van der Waals surface area contributed by atoms with Crippen molar-refractivity contribution in [3.63, 3.8) is 0 Å². The van der Waals surface area contributed by atoms with Crippen LogP contribution in [0.15, 0.2) is 18.2 Å². The van der Waals surface area contributed by atoms with Crippen LogP contribution in [0.4, 0.5) is 0 Å². The van der Waals surface area contributed by atoms with Crippen molar-refractivity contribution in [2.75, 3.05) is 0 Å². The van der Waals surface area contributed by atoms with E-state index in [0.29, 0.717) is 30.3 Å². The van der Waals surface area contributed by atoms with E-state index in [-0.39, 0.29) is 11.3 Å². The number of rotatable bonds is 4. The molecule has 6 heteroatoms. The average molecular weight is 433 g/mol. The molecule has 0 aromatic heterocycles. The fraction of sp³-hybridized carbons (Fsp3) is 0.680. The molecule has 0 radical (unpaired) electrons. The van der Waals surface area contributed by atoms with E-state index >= 15 is 0 Å². The third-order valence-electron chi connectivity index (χ3n) is 8.44. The van der Waals surface area contributed by atoms with Crippen LogP contribution in [0.5, 0.6) is 11.5 Å². The van der Waals surface area contributed by atoms with Crippen molar-refractivity contribution in [2.24, 2.45) is 22.7 Å². The summed E-state index contributed by atoms with van der Waals surface area (Å²) < 4.78 is 10.8. The molecule has 2 N–H and O–H groups in total. The average Bonchev–Trinajstić information content (AvgIpc) is 2.65. The van der Waals surface area contributed by atoms with Crippen LogP contribution in [0.2, 0.25) is 0 Å². The molecule has 6 nitrogen and oxygen atoms in total. The number of ether oxygens (including phenoxy) is 2. The Morgan fingerprint density at radius 2 is 1.71 bits per heavy atom. The van der Waals surface area contributed by atoms with Gasteiger partial charge in [0, 0.05) is 19.3 Å². The third kappa shape index (κ3) is 4.12. The Morgan fingerprint density at radius 1 is 1.06 bits per heavy atom. The molecular formula is C25H36O6. The summed E-state index contributed by atoms with van der Waals surface area (Å²) >= 11 is 0. The second-order valence-electron chi connectivity index (χ2n) is 10.3. The van der Waals surface area contributed by atoms with Crippen LogP contribution in [0.25, 0.3) is 0 Å². The highest BCUT2D eigenvalue weighted by molar-refractivity contribution is 5.71. The van der Waals surface area contributed by atoms with Crippen LogP contribution in [0.1, 0.15) is 72.8 Å². The zero-order valence-corrected chi connectivity index (χ0v) is 19.5. The highest BCUT2D eigenvalue weighted by atomic mass is 16.5. The lowest BCUT2D eigenvalue weighted by Crippen LogP contribution is -2.65. The smallest absolute Gasteiger partial charge is 0.308 e. The fourth-order valence-corrected chi connectivity index (χ4v) is 6.22. The summed E-state index contributed by atoms with van der Waals surface area (Å²) in [5, 5.41) is 21.9. The zero-order valence-electron chi connectivity index (χ0n) is 19.5. The number of aliphatic hydroxyl groups is 2. The molecule has 0 unspecified atom stereocenters. The first-order chi connectivity index (χ1) is 14.3. The van der Waals surface area contributed by atoms with Crippen LogP contribution >= 0.6 is 0 Å². The lowest BCUT2D eigenvalue weighted by molar-refractivity contribution is -0.234. The quantitative estimate of drug-likeness (QED) is 0.551. The van der Waals surface area contributed by atoms with Gasteiger partial charge in [0.1, 0.15) is 11.5 Å². The summed E-state index contributed by atoms with van der Waals surface area (Å²) in [6, 6.07) is 5.08. The van der Waals surface area contributed by atoms with Crippen molar-refractivity contribution in [1.82, 2.24) is 0 Å². The minimum Gasteiger partial charge on any atom is -0.427 e. The van der Waals surface area contributed by atoms with Crippen molar-refractivity contribution in [1.29, 1.82) is 0 Å². The molecule has 0 heterocycles. The van der Waals surface area contributed by atoms with Gasteiger partial charge in [0.2, 0.25) is 0 Å². The monoisotopic (exact) mass is 432 g/mol. The molecule has 6 atom stereocenters. The second-order valence-corrected chi connectivity index (χ2v) is 10.3. The van der Waals surface area contributed by atoms with Gasteiger partial charge in [-0.15, -0.1) is 0 Å². The van der Waals surface area contributed by atoms with Crippen LogP contribution in [0, 0.1) is 22.7 Å². The molecule has 0 amide bonds. The zero-order chi connectivity index (χ0) is 23.2. The lowest BCUT2D eigenvalue weighted by Gasteiger charge is -2.64. The standard InChI is InChI=1S/C25H36O6/c1-15-11-12-24(5)21(9-10-22(28)25(24,6)29)23(15,4)14-18-13-19(30-16(2)26)7-8-20(18)31-17(3)27/h7-8,13,15,21-22,28-29H,9-12,14H2,1-6H3/t15-,21-,22+,23+,24-,25-/m1/s1. The number of esters is 2. The van der Waals surface area contributed by atoms with Crippen molar-refractivity contribution >= 4 is 11.9 Å². The second kappa shape index (κ2) is 8.21. The van der Waals surface area contributed by atoms with Crippen molar-refractivity contribution in [3.8, 4) is 11.5 Å². The molecule has 2 aliphatic carbocycles. The third-order valence-corrected chi connectivity index (χ3v) is 8.44. The van der Waals surface area contributed by atoms with Crippen molar-refractivity contribution in [3.05, 3.63) is 23.8 Å². The van der Waals surface area contributed by atoms with Crippen LogP contribution in [-0.4, -0.2) is 33.9 Å². The van der Waals surface area contributed by atoms with Gasteiger partial charge in [-0.1, -0.05) is 20.8 Å². The van der Waals surface area contributed by atoms with E-state index in [2.05, 4.69) is 20.8 Å². The lowest BCUT2D eigenvalue weighted by atomic mass is 9.43. The molecular weight excluding hydrogens is 396 g/mol. The number of hydrogen-bond acceptors (Lipinski definition) is 6. The molecule has 1 aromatic rings. The minimum absolute atomic E-state index is 0.171. The van der Waals surface area contributed by atoms with E-state index in [1.165, 1.54) is 13.8 Å². The Kier molecular flexibility index (Phi) is 6.29. The van der Waals surface area contributed by atoms with Crippen LogP contribution in [0.3, 0.4) is 0 Å². The molecule has 0 spiro atoms. The Labute approximate surface area is 184 Å². The van der Waals surface area contributed by atoms with Gasteiger partial charge in [-0.3, -0.25) is 9.59 Å². The summed E-state index contributed by atoms with van der Waals surface area (Å²) in [5.74, 6) is 0.597. The van der Waals surface area contributed by atoms with Crippen LogP contribution < -0.4 is 9.47 Å². The normalized spacial score (nSPS) is 37.6. The van der Waals surface area contributed by atoms with E-state index in [0.717, 1.165) is 24.8 Å². The number of carbonyl (C=O) groups excluding carboxylic acids is 2. The fourth-order valence-electron chi connectivity index (χ4n) is 6.22. The summed E-state index contributed by atoms with van der Waals surface area (Å²) in [7, 11) is 0. The van der Waals surface area contributed by atoms with Gasteiger partial charge in [-0.25, -0.2) is 0 Å². The van der Waals surface area contributed by atoms with Gasteiger partial charge in [-0.2, -0.15) is 0 Å². The minimum atomic E-state index is -1.17. The first kappa shape index (κ1) is 23.7. The van der Waals surface area contributed by atoms with E-state index in [1.54, 1.807) is 25.1 Å². The van der Waals surface area contributed by atoms with Gasteiger partial charge in [0.15, 0.2) is 0 Å². The molecule has 0 aliphatic heterocycles. The Morgan fingerprint density at radius 3 is 2.32 bits per heavy atom. The number of aliphatic hydroxyl groups excluding tert-OH is 1. The van der Waals surface area contributed by atoms with Gasteiger partial charge < -0.3 is 19.7 Å². The van der Waals surface area contributed by atoms with Crippen molar-refractivity contribution < 1.29 is 29.3 Å². The SMILES string of the molecule is CC(=O)Oc1ccc(OC(C)=O)c(C[C@@]2(C)[C@H](C)CC[C@]3(C)[C@@H]2CC[C@H](O)[C@@]3(C)O)c1. The Bertz CT molecular complexity index is 862. The van der Waals surface area contributed by atoms with Gasteiger partial charge in [-0.05, 0) is 80.0 Å². The molecule has 172 valence electrons. The molecule has 1 aromatic carbocycles. The Balaban J connectivity index is 2.04. The molecule has 2 aliphatic rings. The maximum Gasteiger partial charge on any atom is 0.308 e. The number of benzene rings is 1. The van der Waals surface area contributed by atoms with E-state index in [4.69, 9.17) is 9.47 Å². The molecule has 3 rings (SSSR count). The number of hydrogen-bond donors (Lipinski definition) is 2. The van der Waals surface area contributed by atoms with Crippen LogP contribution in [-0.2, 0) is 16.0 Å². The predicted octanol–water partition coefficient (Wildman–Crippen LogP) is 4.04. The molecule has 0 bridgehead atoms. The van der Waals surface area contributed by atoms with E-state index in [1.807, 2.05) is 0 Å². The van der Waals surface area contributed by atoms with E-state index in [9.17, 15) is 19.8 Å². The summed E-state index contributed by atoms with van der Waals surface area (Å²) in [5.41, 5.74) is -1.00. The predicted molar refractivity (Wildman–Crippen MR) is 117 cm³/mol. The highest BCUT2D eigenvalue weighted by Gasteiger charge is 2.62. The summed E-state index contributed by atoms with van der Waals surface area (Å²) in [6.45, 7) is 11.1. The van der Waals surface area contributed by atoms with Gasteiger partial charge in [0.25, 0.3) is 0 Å². The summed E-state index contributed by atoms with van der Waals surface area (Å²) in [4.78, 5) is 23.2. The Hall–Kier alpha value is -1.92. The molecule has 2 saturated carbocycles. The first-order valence-electron chi connectivity index (χ1n) is 11.2. The maximum atomic E-state index is 11.7. The topological polar surface area (TPSA) is 93.1 Å². The maximum absolute atomic E-state index is 11.7. The number of carbonyl (C=O) groups is 2. The highest BCUT2D eigenvalue weighted by Crippen LogP contribution is 2.64.